The summed E-state index contributed by atoms with van der Waals surface area (Å²) < 4.78 is 21.9. The van der Waals surface area contributed by atoms with Crippen molar-refractivity contribution < 1.29 is 28.9 Å². The van der Waals surface area contributed by atoms with Crippen LogP contribution in [0, 0.1) is 23.9 Å². The Morgan fingerprint density at radius 2 is 1.60 bits per heavy atom. The molecule has 0 atom stereocenters. The second-order valence-electron chi connectivity index (χ2n) is 14.5. The van der Waals surface area contributed by atoms with Gasteiger partial charge < -0.3 is 14.0 Å². The zero-order chi connectivity index (χ0) is 35.7. The van der Waals surface area contributed by atoms with E-state index in [1.165, 1.54) is 22.9 Å². The quantitative estimate of drug-likeness (QED) is 0.118. The Hall–Kier alpha value is -4.68. The zero-order valence-electron chi connectivity index (χ0n) is 30.4. The minimum absolute atomic E-state index is 0. The number of imidazole rings is 1. The Kier molecular flexibility index (Phi) is 11.1. The van der Waals surface area contributed by atoms with E-state index in [9.17, 15) is 4.39 Å². The van der Waals surface area contributed by atoms with Gasteiger partial charge in [0.2, 0.25) is 0 Å². The number of nitrogens with zero attached hydrogens (tertiary/aromatic N) is 3. The molecule has 0 aliphatic carbocycles. The molecule has 1 radical (unpaired) electrons. The number of hydrogen-bond acceptors (Lipinski definition) is 3. The molecular weight excluding hydrogens is 838 g/mol. The van der Waals surface area contributed by atoms with Crippen LogP contribution in [-0.2, 0) is 33.1 Å². The van der Waals surface area contributed by atoms with Crippen molar-refractivity contribution in [2.24, 2.45) is 5.92 Å². The van der Waals surface area contributed by atoms with E-state index in [-0.39, 0.29) is 25.9 Å². The van der Waals surface area contributed by atoms with Gasteiger partial charge in [-0.3, -0.25) is 4.98 Å². The van der Waals surface area contributed by atoms with Gasteiger partial charge in [-0.1, -0.05) is 86.9 Å². The summed E-state index contributed by atoms with van der Waals surface area (Å²) in [7, 11) is -1.34. The number of para-hydroxylation sites is 2. The predicted octanol–water partition coefficient (Wildman–Crippen LogP) is 11.5. The summed E-state index contributed by atoms with van der Waals surface area (Å²) in [6, 6.07) is 41.7. The molecule has 0 aliphatic rings. The molecule has 0 fully saturated rings. The van der Waals surface area contributed by atoms with E-state index >= 15 is 0 Å². The van der Waals surface area contributed by atoms with Crippen LogP contribution in [0.25, 0.3) is 66.7 Å². The minimum atomic E-state index is -1.34. The molecule has 7 heteroatoms. The number of pyridine rings is 1. The average Bonchev–Trinajstić information content (AvgIpc) is 3.69. The van der Waals surface area contributed by atoms with Crippen LogP contribution in [0.4, 0.5) is 4.39 Å². The molecule has 0 unspecified atom stereocenters. The Morgan fingerprint density at radius 1 is 0.808 bits per heavy atom. The van der Waals surface area contributed by atoms with Gasteiger partial charge in [0, 0.05) is 38.2 Å². The third-order valence-electron chi connectivity index (χ3n) is 9.19. The third-order valence-corrected chi connectivity index (χ3v) is 11.3. The molecule has 8 aromatic rings. The van der Waals surface area contributed by atoms with Gasteiger partial charge in [-0.25, -0.2) is 4.39 Å². The molecule has 0 bridgehead atoms. The fourth-order valence-corrected chi connectivity index (χ4v) is 8.37. The maximum Gasteiger partial charge on any atom is 0.123 e. The molecule has 8 rings (SSSR count). The van der Waals surface area contributed by atoms with Crippen LogP contribution in [0.1, 0.15) is 26.3 Å². The average molecular weight is 880 g/mol. The minimum Gasteiger partial charge on any atom is -0.500 e. The van der Waals surface area contributed by atoms with E-state index < -0.39 is 8.07 Å². The number of aromatic nitrogens is 3. The van der Waals surface area contributed by atoms with E-state index in [1.807, 2.05) is 66.7 Å². The van der Waals surface area contributed by atoms with Gasteiger partial charge in [0.1, 0.15) is 11.4 Å². The van der Waals surface area contributed by atoms with Crippen molar-refractivity contribution in [3.8, 4) is 33.8 Å². The molecule has 0 N–H and O–H groups in total. The molecule has 5 aromatic carbocycles. The largest absolute Gasteiger partial charge is 0.500 e. The van der Waals surface area contributed by atoms with Gasteiger partial charge in [0.25, 0.3) is 0 Å². The Labute approximate surface area is 320 Å². The number of fused-ring (bicyclic) bond motifs is 4. The number of benzene rings is 5. The van der Waals surface area contributed by atoms with Crippen molar-refractivity contribution in [3.63, 3.8) is 0 Å². The molecule has 0 spiro atoms. The number of aryl methyl sites for hydroxylation is 1. The van der Waals surface area contributed by atoms with Crippen LogP contribution in [0.3, 0.4) is 0 Å². The Morgan fingerprint density at radius 3 is 2.33 bits per heavy atom. The Bertz CT molecular complexity index is 2480. The third kappa shape index (κ3) is 7.73. The van der Waals surface area contributed by atoms with Gasteiger partial charge in [-0.15, -0.1) is 59.7 Å². The van der Waals surface area contributed by atoms with Crippen LogP contribution in [0.2, 0.25) is 19.6 Å². The van der Waals surface area contributed by atoms with Crippen LogP contribution >= 0.6 is 0 Å². The SMILES string of the molecule is CC(C)Cc1cc(-c2[c-]cccc2)ncc1[Si](C)(C)C.CCn1c(-c2[c-]cc3oc4cc(-c5cccc(F)c5)ccc4c3c2)nc2ccccc21.[Ir]. The van der Waals surface area contributed by atoms with Crippen molar-refractivity contribution in [2.75, 3.05) is 0 Å². The summed E-state index contributed by atoms with van der Waals surface area (Å²) in [5.74, 6) is 1.32. The fourth-order valence-electron chi connectivity index (χ4n) is 6.78. The molecule has 0 saturated carbocycles. The van der Waals surface area contributed by atoms with E-state index in [0.29, 0.717) is 5.92 Å². The molecule has 3 heterocycles. The Balaban J connectivity index is 0.000000193. The van der Waals surface area contributed by atoms with E-state index in [4.69, 9.17) is 9.40 Å². The van der Waals surface area contributed by atoms with Crippen molar-refractivity contribution >= 4 is 46.2 Å². The molecular formula is C45H42FIrN3OSi-2. The first-order valence-corrected chi connectivity index (χ1v) is 21.1. The first-order chi connectivity index (χ1) is 24.6. The maximum atomic E-state index is 13.6. The van der Waals surface area contributed by atoms with Crippen LogP contribution in [-0.4, -0.2) is 22.6 Å². The van der Waals surface area contributed by atoms with E-state index in [2.05, 4.69) is 92.6 Å². The summed E-state index contributed by atoms with van der Waals surface area (Å²) in [5, 5.41) is 3.53. The van der Waals surface area contributed by atoms with Crippen molar-refractivity contribution in [3.05, 3.63) is 139 Å². The topological polar surface area (TPSA) is 43.9 Å². The smallest absolute Gasteiger partial charge is 0.123 e. The van der Waals surface area contributed by atoms with Crippen molar-refractivity contribution in [2.45, 2.75) is 53.4 Å². The zero-order valence-corrected chi connectivity index (χ0v) is 33.8. The van der Waals surface area contributed by atoms with Gasteiger partial charge in [-0.05, 0) is 71.6 Å². The summed E-state index contributed by atoms with van der Waals surface area (Å²) in [4.78, 5) is 9.54. The van der Waals surface area contributed by atoms with Crippen molar-refractivity contribution in [1.29, 1.82) is 0 Å². The first kappa shape index (κ1) is 37.1. The summed E-state index contributed by atoms with van der Waals surface area (Å²) in [5.41, 5.74) is 9.91. The molecule has 0 saturated heterocycles. The number of rotatable bonds is 7. The normalized spacial score (nSPS) is 11.5. The second-order valence-corrected chi connectivity index (χ2v) is 19.5. The van der Waals surface area contributed by atoms with Gasteiger partial charge in [0.05, 0.1) is 30.5 Å². The number of halogens is 1. The molecule has 3 aromatic heterocycles. The van der Waals surface area contributed by atoms with Gasteiger partial charge in [0.15, 0.2) is 0 Å². The molecule has 52 heavy (non-hydrogen) atoms. The monoisotopic (exact) mass is 880 g/mol. The maximum absolute atomic E-state index is 13.6. The van der Waals surface area contributed by atoms with E-state index in [0.717, 1.165) is 79.7 Å². The summed E-state index contributed by atoms with van der Waals surface area (Å²) in [6.45, 7) is 14.7. The first-order valence-electron chi connectivity index (χ1n) is 17.6. The molecule has 265 valence electrons. The van der Waals surface area contributed by atoms with Crippen LogP contribution in [0.5, 0.6) is 0 Å². The second kappa shape index (κ2) is 15.5. The van der Waals surface area contributed by atoms with E-state index in [1.54, 1.807) is 6.07 Å². The standard InChI is InChI=1S/C27H18FN2O.C18H24NSi.Ir/c1-2-30-24-9-4-3-8-23(24)29-27(30)19-11-13-25-22(15-19)21-12-10-18(16-26(21)31-25)17-6-5-7-20(28)14-17;1-14(2)11-16-12-17(15-9-7-6-8-10-15)19-13-18(16)20(3,4)5;/h3-10,12-16H,2H2,1H3;6-9,12-14H,11H2,1-5H3;/q2*-1;. The van der Waals surface area contributed by atoms with Crippen LogP contribution in [0.15, 0.2) is 120 Å². The van der Waals surface area contributed by atoms with Gasteiger partial charge in [-0.2, -0.15) is 0 Å². The summed E-state index contributed by atoms with van der Waals surface area (Å²) >= 11 is 0. The molecule has 0 amide bonds. The fraction of sp³-hybridized carbons (Fsp3) is 0.200. The summed E-state index contributed by atoms with van der Waals surface area (Å²) in [6.07, 6.45) is 3.24. The number of furan rings is 1. The molecule has 0 aliphatic heterocycles. The van der Waals surface area contributed by atoms with Crippen LogP contribution < -0.4 is 5.19 Å². The van der Waals surface area contributed by atoms with Gasteiger partial charge >= 0.3 is 0 Å². The molecule has 4 nitrogen and oxygen atoms in total. The predicted molar refractivity (Wildman–Crippen MR) is 212 cm³/mol. The van der Waals surface area contributed by atoms with Crippen molar-refractivity contribution in [1.82, 2.24) is 14.5 Å². The number of hydrogen-bond donors (Lipinski definition) is 0.